The summed E-state index contributed by atoms with van der Waals surface area (Å²) in [6.45, 7) is 4.78. The minimum atomic E-state index is -4.66. The summed E-state index contributed by atoms with van der Waals surface area (Å²) in [6, 6.07) is 3.50. The number of aryl methyl sites for hydroxylation is 1. The fourth-order valence-electron chi connectivity index (χ4n) is 2.03. The number of benzene rings is 1. The molecule has 0 aromatic heterocycles. The first-order chi connectivity index (χ1) is 10.9. The maximum absolute atomic E-state index is 13.2. The van der Waals surface area contributed by atoms with Gasteiger partial charge in [0, 0.05) is 6.42 Å². The molecule has 0 heterocycles. The van der Waals surface area contributed by atoms with Gasteiger partial charge < -0.3 is 9.84 Å². The number of ether oxygens (including phenoxy) is 1. The third-order valence-electron chi connectivity index (χ3n) is 2.92. The molecule has 24 heavy (non-hydrogen) atoms. The molecule has 0 saturated carbocycles. The summed E-state index contributed by atoms with van der Waals surface area (Å²) >= 11 is 0. The third-order valence-corrected chi connectivity index (χ3v) is 2.92. The number of amides is 1. The molecule has 1 aromatic rings. The van der Waals surface area contributed by atoms with Crippen LogP contribution in [0.1, 0.15) is 44.7 Å². The molecule has 0 unspecified atom stereocenters. The molecule has 0 aliphatic carbocycles. The van der Waals surface area contributed by atoms with Gasteiger partial charge in [-0.1, -0.05) is 12.1 Å². The first-order valence-electron chi connectivity index (χ1n) is 7.31. The van der Waals surface area contributed by atoms with E-state index in [0.717, 1.165) is 6.07 Å². The molecule has 0 bridgehead atoms. The van der Waals surface area contributed by atoms with Gasteiger partial charge in [0.2, 0.25) is 0 Å². The molecule has 134 valence electrons. The molecule has 0 aliphatic rings. The van der Waals surface area contributed by atoms with Crippen LogP contribution in [0, 0.1) is 0 Å². The minimum Gasteiger partial charge on any atom is -0.481 e. The largest absolute Gasteiger partial charge is 0.481 e. The number of rotatable bonds is 5. The van der Waals surface area contributed by atoms with Crippen molar-refractivity contribution in [3.8, 4) is 0 Å². The van der Waals surface area contributed by atoms with Crippen LogP contribution in [-0.2, 0) is 22.1 Å². The molecule has 0 radical (unpaired) electrons. The molecule has 0 saturated heterocycles. The van der Waals surface area contributed by atoms with Crippen LogP contribution in [0.25, 0.3) is 0 Å². The third kappa shape index (κ3) is 6.47. The Morgan fingerprint density at radius 1 is 1.21 bits per heavy atom. The lowest BCUT2D eigenvalue weighted by Crippen LogP contribution is -2.28. The Morgan fingerprint density at radius 3 is 2.33 bits per heavy atom. The van der Waals surface area contributed by atoms with E-state index in [9.17, 15) is 22.8 Å². The Balaban J connectivity index is 3.11. The smallest absolute Gasteiger partial charge is 0.418 e. The number of carboxylic acid groups (broad SMARTS) is 1. The second-order valence-electron chi connectivity index (χ2n) is 6.21. The van der Waals surface area contributed by atoms with E-state index in [2.05, 4.69) is 5.32 Å². The number of carboxylic acids is 1. The van der Waals surface area contributed by atoms with E-state index >= 15 is 0 Å². The van der Waals surface area contributed by atoms with Gasteiger partial charge in [-0.3, -0.25) is 10.1 Å². The van der Waals surface area contributed by atoms with E-state index in [1.807, 2.05) is 0 Å². The molecule has 5 nitrogen and oxygen atoms in total. The van der Waals surface area contributed by atoms with Crippen LogP contribution in [-0.4, -0.2) is 22.8 Å². The van der Waals surface area contributed by atoms with Crippen molar-refractivity contribution in [2.45, 2.75) is 51.8 Å². The monoisotopic (exact) mass is 347 g/mol. The van der Waals surface area contributed by atoms with Crippen molar-refractivity contribution < 1.29 is 32.6 Å². The number of carbonyl (C=O) groups is 2. The van der Waals surface area contributed by atoms with Gasteiger partial charge in [0.05, 0.1) is 11.3 Å². The topological polar surface area (TPSA) is 75.6 Å². The number of halogens is 3. The molecule has 1 rings (SSSR count). The number of anilines is 1. The molecule has 0 fully saturated rings. The summed E-state index contributed by atoms with van der Waals surface area (Å²) in [5, 5.41) is 10.8. The Bertz CT molecular complexity index is 606. The van der Waals surface area contributed by atoms with Gasteiger partial charge in [-0.15, -0.1) is 0 Å². The molecular weight excluding hydrogens is 327 g/mol. The fourth-order valence-corrected chi connectivity index (χ4v) is 2.03. The van der Waals surface area contributed by atoms with E-state index in [1.54, 1.807) is 20.8 Å². The number of aliphatic carboxylic acids is 1. The Morgan fingerprint density at radius 2 is 1.83 bits per heavy atom. The van der Waals surface area contributed by atoms with Gasteiger partial charge >= 0.3 is 18.2 Å². The second-order valence-corrected chi connectivity index (χ2v) is 6.21. The van der Waals surface area contributed by atoms with Crippen molar-refractivity contribution in [1.82, 2.24) is 0 Å². The van der Waals surface area contributed by atoms with Crippen LogP contribution in [0.2, 0.25) is 0 Å². The highest BCUT2D eigenvalue weighted by atomic mass is 19.4. The van der Waals surface area contributed by atoms with E-state index < -0.39 is 35.1 Å². The molecule has 0 spiro atoms. The number of alkyl halides is 3. The lowest BCUT2D eigenvalue weighted by Gasteiger charge is -2.22. The van der Waals surface area contributed by atoms with Crippen LogP contribution < -0.4 is 5.32 Å². The highest BCUT2D eigenvalue weighted by Gasteiger charge is 2.35. The zero-order chi connectivity index (χ0) is 18.5. The molecule has 8 heteroatoms. The van der Waals surface area contributed by atoms with E-state index in [0.29, 0.717) is 0 Å². The van der Waals surface area contributed by atoms with Crippen LogP contribution in [0.4, 0.5) is 23.7 Å². The molecule has 0 aliphatic heterocycles. The SMILES string of the molecule is CC(C)(C)OC(=O)Nc1c(CCCC(=O)O)cccc1C(F)(F)F. The van der Waals surface area contributed by atoms with E-state index in [1.165, 1.54) is 12.1 Å². The number of para-hydroxylation sites is 1. The summed E-state index contributed by atoms with van der Waals surface area (Å²) in [5.41, 5.74) is -2.05. The van der Waals surface area contributed by atoms with Crippen molar-refractivity contribution in [3.05, 3.63) is 29.3 Å². The normalized spacial score (nSPS) is 11.9. The number of hydrogen-bond donors (Lipinski definition) is 2. The predicted octanol–water partition coefficient (Wildman–Crippen LogP) is 4.46. The first-order valence-corrected chi connectivity index (χ1v) is 7.31. The van der Waals surface area contributed by atoms with E-state index in [-0.39, 0.29) is 24.8 Å². The van der Waals surface area contributed by atoms with Crippen LogP contribution in [0.3, 0.4) is 0 Å². The summed E-state index contributed by atoms with van der Waals surface area (Å²) in [7, 11) is 0. The lowest BCUT2D eigenvalue weighted by atomic mass is 10.0. The molecule has 0 atom stereocenters. The Hall–Kier alpha value is -2.25. The summed E-state index contributed by atoms with van der Waals surface area (Å²) in [5.74, 6) is -1.04. The van der Waals surface area contributed by atoms with Gasteiger partial charge in [0.25, 0.3) is 0 Å². The Kier molecular flexibility index (Phi) is 6.22. The highest BCUT2D eigenvalue weighted by Crippen LogP contribution is 2.37. The minimum absolute atomic E-state index is 0.0847. The standard InChI is InChI=1S/C16H20F3NO4/c1-15(2,3)24-14(23)20-13-10(7-5-9-12(21)22)6-4-8-11(13)16(17,18)19/h4,6,8H,5,7,9H2,1-3H3,(H,20,23)(H,21,22). The van der Waals surface area contributed by atoms with Gasteiger partial charge in [-0.2, -0.15) is 13.2 Å². The van der Waals surface area contributed by atoms with Crippen LogP contribution >= 0.6 is 0 Å². The maximum atomic E-state index is 13.2. The summed E-state index contributed by atoms with van der Waals surface area (Å²) < 4.78 is 44.5. The van der Waals surface area contributed by atoms with Crippen molar-refractivity contribution >= 4 is 17.7 Å². The van der Waals surface area contributed by atoms with Gasteiger partial charge in [-0.25, -0.2) is 4.79 Å². The molecule has 2 N–H and O–H groups in total. The zero-order valence-electron chi connectivity index (χ0n) is 13.7. The first kappa shape index (κ1) is 19.8. The number of carbonyl (C=O) groups excluding carboxylic acids is 1. The van der Waals surface area contributed by atoms with Crippen molar-refractivity contribution in [2.75, 3.05) is 5.32 Å². The quantitative estimate of drug-likeness (QED) is 0.824. The molecule has 1 aromatic carbocycles. The average Bonchev–Trinajstić information content (AvgIpc) is 2.36. The van der Waals surface area contributed by atoms with Crippen molar-refractivity contribution in [2.24, 2.45) is 0 Å². The number of nitrogens with one attached hydrogen (secondary N) is 1. The van der Waals surface area contributed by atoms with Crippen LogP contribution in [0.15, 0.2) is 18.2 Å². The molecular formula is C16H20F3NO4. The van der Waals surface area contributed by atoms with Crippen LogP contribution in [0.5, 0.6) is 0 Å². The number of hydrogen-bond acceptors (Lipinski definition) is 3. The van der Waals surface area contributed by atoms with Gasteiger partial charge in [0.1, 0.15) is 5.60 Å². The Labute approximate surface area is 137 Å². The van der Waals surface area contributed by atoms with E-state index in [4.69, 9.17) is 9.84 Å². The van der Waals surface area contributed by atoms with Crippen molar-refractivity contribution in [1.29, 1.82) is 0 Å². The maximum Gasteiger partial charge on any atom is 0.418 e. The average molecular weight is 347 g/mol. The van der Waals surface area contributed by atoms with Crippen molar-refractivity contribution in [3.63, 3.8) is 0 Å². The lowest BCUT2D eigenvalue weighted by molar-refractivity contribution is -0.138. The highest BCUT2D eigenvalue weighted by molar-refractivity contribution is 5.87. The van der Waals surface area contributed by atoms with Gasteiger partial charge in [-0.05, 0) is 45.2 Å². The summed E-state index contributed by atoms with van der Waals surface area (Å²) in [6.07, 6.45) is -5.60. The predicted molar refractivity (Wildman–Crippen MR) is 81.9 cm³/mol. The fraction of sp³-hybridized carbons (Fsp3) is 0.500. The molecule has 1 amide bonds. The zero-order valence-corrected chi connectivity index (χ0v) is 13.7. The second kappa shape index (κ2) is 7.55. The van der Waals surface area contributed by atoms with Gasteiger partial charge in [0.15, 0.2) is 0 Å². The summed E-state index contributed by atoms with van der Waals surface area (Å²) in [4.78, 5) is 22.4.